The summed E-state index contributed by atoms with van der Waals surface area (Å²) in [6.07, 6.45) is 14.3. The Morgan fingerprint density at radius 1 is 0.938 bits per heavy atom. The van der Waals surface area contributed by atoms with Gasteiger partial charge in [-0.05, 0) is 0 Å². The minimum atomic E-state index is -2.06. The Balaban J connectivity index is 2.19. The summed E-state index contributed by atoms with van der Waals surface area (Å²) in [5.74, 6) is 0. The van der Waals surface area contributed by atoms with Gasteiger partial charge in [0.1, 0.15) is 0 Å². The molecule has 0 amide bonds. The van der Waals surface area contributed by atoms with E-state index < -0.39 is 18.4 Å². The fourth-order valence-electron chi connectivity index (χ4n) is 3.81. The van der Waals surface area contributed by atoms with Crippen molar-refractivity contribution in [3.05, 3.63) is 47.6 Å². The average Bonchev–Trinajstić information content (AvgIpc) is 2.86. The zero-order valence-corrected chi connectivity index (χ0v) is 13.5. The molecule has 0 bridgehead atoms. The van der Waals surface area contributed by atoms with Gasteiger partial charge in [-0.1, -0.05) is 0 Å². The summed E-state index contributed by atoms with van der Waals surface area (Å²) in [5.41, 5.74) is 3.67. The van der Waals surface area contributed by atoms with Gasteiger partial charge in [0.05, 0.1) is 0 Å². The second-order valence-corrected chi connectivity index (χ2v) is 20.4. The van der Waals surface area contributed by atoms with Gasteiger partial charge in [0.15, 0.2) is 0 Å². The first-order valence-corrected chi connectivity index (χ1v) is 15.2. The van der Waals surface area contributed by atoms with Crippen molar-refractivity contribution in [2.45, 2.75) is 31.6 Å². The van der Waals surface area contributed by atoms with Crippen LogP contribution in [0.2, 0.25) is 17.7 Å². The van der Waals surface area contributed by atoms with Crippen molar-refractivity contribution in [3.8, 4) is 0 Å². The Morgan fingerprint density at radius 2 is 1.38 bits per heavy atom. The number of hydrogen-bond acceptors (Lipinski definition) is 0. The minimum absolute atomic E-state index is 0.286. The maximum atomic E-state index is 2.62. The van der Waals surface area contributed by atoms with Crippen molar-refractivity contribution in [1.82, 2.24) is 0 Å². The third-order valence-electron chi connectivity index (χ3n) is 4.88. The van der Waals surface area contributed by atoms with Crippen molar-refractivity contribution in [2.75, 3.05) is 0 Å². The topological polar surface area (TPSA) is 0 Å². The van der Waals surface area contributed by atoms with E-state index in [1.165, 1.54) is 0 Å². The first-order chi connectivity index (χ1) is 7.45. The van der Waals surface area contributed by atoms with E-state index in [4.69, 9.17) is 0 Å². The summed E-state index contributed by atoms with van der Waals surface area (Å²) in [6, 6.07) is 0. The zero-order chi connectivity index (χ0) is 11.6. The molecule has 2 unspecified atom stereocenters. The molecule has 1 saturated heterocycles. The van der Waals surface area contributed by atoms with Gasteiger partial charge in [0, 0.05) is 0 Å². The standard InChI is InChI=1S/C13H14.2CH3.Sn/c1-13(2,11-7-3-4-8-11)12-9-5-6-10-12;;;/h3-10H,1-2H3;2*1H3;. The van der Waals surface area contributed by atoms with Gasteiger partial charge in [0.2, 0.25) is 0 Å². The molecular weight excluding hydrogens is 299 g/mol. The molecule has 0 aromatic carbocycles. The van der Waals surface area contributed by atoms with Crippen LogP contribution in [0.25, 0.3) is 0 Å². The quantitative estimate of drug-likeness (QED) is 0.578. The Labute approximate surface area is 103 Å². The molecular formula is C15H20Sn. The molecule has 2 aliphatic carbocycles. The summed E-state index contributed by atoms with van der Waals surface area (Å²) in [5, 5.41) is 0. The molecule has 84 valence electrons. The Morgan fingerprint density at radius 3 is 1.81 bits per heavy atom. The van der Waals surface area contributed by atoms with E-state index in [0.717, 1.165) is 7.87 Å². The van der Waals surface area contributed by atoms with E-state index in [-0.39, 0.29) is 5.41 Å². The van der Waals surface area contributed by atoms with Crippen LogP contribution in [0.3, 0.4) is 0 Å². The van der Waals surface area contributed by atoms with Crippen molar-refractivity contribution in [2.24, 2.45) is 5.41 Å². The first-order valence-electron chi connectivity index (χ1n) is 6.23. The molecule has 0 nitrogen and oxygen atoms in total. The Hall–Kier alpha value is -0.241. The SMILES string of the molecule is CC1(C)C2=CC=C[CH]2[Sn]([CH3])([CH3])[CH]2C=CC=C21. The van der Waals surface area contributed by atoms with E-state index >= 15 is 0 Å². The van der Waals surface area contributed by atoms with Crippen LogP contribution in [-0.4, -0.2) is 18.4 Å². The van der Waals surface area contributed by atoms with Gasteiger partial charge in [-0.25, -0.2) is 0 Å². The summed E-state index contributed by atoms with van der Waals surface area (Å²) < 4.78 is 1.66. The molecule has 0 saturated carbocycles. The van der Waals surface area contributed by atoms with Crippen LogP contribution in [0, 0.1) is 5.41 Å². The molecule has 3 aliphatic rings. The van der Waals surface area contributed by atoms with Gasteiger partial charge in [-0.15, -0.1) is 0 Å². The van der Waals surface area contributed by atoms with Gasteiger partial charge >= 0.3 is 103 Å². The second kappa shape index (κ2) is 3.15. The molecule has 16 heavy (non-hydrogen) atoms. The van der Waals surface area contributed by atoms with Crippen molar-refractivity contribution in [3.63, 3.8) is 0 Å². The van der Waals surface area contributed by atoms with Gasteiger partial charge in [-0.2, -0.15) is 0 Å². The van der Waals surface area contributed by atoms with Crippen LogP contribution in [0.15, 0.2) is 47.6 Å². The molecule has 1 heteroatoms. The monoisotopic (exact) mass is 320 g/mol. The molecule has 0 aromatic heterocycles. The average molecular weight is 319 g/mol. The Bertz CT molecular complexity index is 418. The summed E-state index contributed by atoms with van der Waals surface area (Å²) in [6.45, 7) is 4.82. The van der Waals surface area contributed by atoms with E-state index in [1.54, 1.807) is 11.1 Å². The number of rotatable bonds is 0. The van der Waals surface area contributed by atoms with Crippen LogP contribution in [0.1, 0.15) is 13.8 Å². The van der Waals surface area contributed by atoms with E-state index in [2.05, 4.69) is 60.2 Å². The summed E-state index contributed by atoms with van der Waals surface area (Å²) in [4.78, 5) is 5.23. The predicted molar refractivity (Wildman–Crippen MR) is 73.2 cm³/mol. The maximum absolute atomic E-state index is 2.62. The molecule has 3 rings (SSSR count). The third-order valence-corrected chi connectivity index (χ3v) is 16.9. The third kappa shape index (κ3) is 1.17. The van der Waals surface area contributed by atoms with Crippen LogP contribution < -0.4 is 0 Å². The molecule has 0 radical (unpaired) electrons. The van der Waals surface area contributed by atoms with Crippen LogP contribution >= 0.6 is 0 Å². The van der Waals surface area contributed by atoms with Gasteiger partial charge < -0.3 is 0 Å². The predicted octanol–water partition coefficient (Wildman–Crippen LogP) is 4.47. The first kappa shape index (κ1) is 10.9. The van der Waals surface area contributed by atoms with E-state index in [9.17, 15) is 0 Å². The van der Waals surface area contributed by atoms with Crippen molar-refractivity contribution < 1.29 is 0 Å². The molecule has 0 spiro atoms. The number of hydrogen-bond donors (Lipinski definition) is 0. The summed E-state index contributed by atoms with van der Waals surface area (Å²) in [7, 11) is 0. The zero-order valence-electron chi connectivity index (χ0n) is 10.6. The van der Waals surface area contributed by atoms with Crippen molar-refractivity contribution >= 4 is 18.4 Å². The van der Waals surface area contributed by atoms with Crippen LogP contribution in [0.5, 0.6) is 0 Å². The fourth-order valence-corrected chi connectivity index (χ4v) is 15.6. The fraction of sp³-hybridized carbons (Fsp3) is 0.467. The number of allylic oxidation sites excluding steroid dienone is 8. The van der Waals surface area contributed by atoms with Gasteiger partial charge in [-0.3, -0.25) is 0 Å². The van der Waals surface area contributed by atoms with Gasteiger partial charge in [0.25, 0.3) is 0 Å². The summed E-state index contributed by atoms with van der Waals surface area (Å²) >= 11 is -2.06. The molecule has 2 atom stereocenters. The van der Waals surface area contributed by atoms with E-state index in [0.29, 0.717) is 0 Å². The Kier molecular flexibility index (Phi) is 2.15. The molecule has 1 aliphatic heterocycles. The number of fused-ring (bicyclic) bond motifs is 2. The molecule has 0 N–H and O–H groups in total. The van der Waals surface area contributed by atoms with E-state index in [1.807, 2.05) is 0 Å². The second-order valence-electron chi connectivity index (χ2n) is 6.42. The van der Waals surface area contributed by atoms with Crippen LogP contribution in [-0.2, 0) is 0 Å². The van der Waals surface area contributed by atoms with Crippen molar-refractivity contribution in [1.29, 1.82) is 0 Å². The van der Waals surface area contributed by atoms with Crippen LogP contribution in [0.4, 0.5) is 0 Å². The molecule has 1 fully saturated rings. The molecule has 1 heterocycles. The normalized spacial score (nSPS) is 36.8. The molecule has 0 aromatic rings.